The Morgan fingerprint density at radius 3 is 2.32 bits per heavy atom. The molecule has 0 heterocycles. The predicted octanol–water partition coefficient (Wildman–Crippen LogP) is 3.62. The van der Waals surface area contributed by atoms with Gasteiger partial charge in [-0.1, -0.05) is 43.0 Å². The molecule has 0 saturated heterocycles. The van der Waals surface area contributed by atoms with Gasteiger partial charge in [-0.05, 0) is 29.3 Å². The Bertz CT molecular complexity index is 642. The van der Waals surface area contributed by atoms with Crippen molar-refractivity contribution in [3.05, 3.63) is 59.7 Å². The first-order valence-electron chi connectivity index (χ1n) is 5.76. The van der Waals surface area contributed by atoms with E-state index in [0.29, 0.717) is 11.1 Å². The number of aromatic hydroxyl groups is 3. The summed E-state index contributed by atoms with van der Waals surface area (Å²) in [5.74, 6) is -0.175. The molecule has 3 nitrogen and oxygen atoms in total. The fourth-order valence-corrected chi connectivity index (χ4v) is 1.75. The van der Waals surface area contributed by atoms with Crippen LogP contribution in [-0.4, -0.2) is 15.3 Å². The van der Waals surface area contributed by atoms with Crippen molar-refractivity contribution < 1.29 is 15.3 Å². The molecule has 19 heavy (non-hydrogen) atoms. The molecule has 0 fully saturated rings. The molecule has 3 heteroatoms. The van der Waals surface area contributed by atoms with E-state index in [0.717, 1.165) is 5.56 Å². The van der Waals surface area contributed by atoms with Crippen molar-refractivity contribution in [3.8, 4) is 17.2 Å². The highest BCUT2D eigenvalue weighted by atomic mass is 16.3. The second-order valence-electron chi connectivity index (χ2n) is 4.07. The Labute approximate surface area is 111 Å². The Hall–Kier alpha value is -2.68. The molecule has 2 aromatic carbocycles. The number of rotatable bonds is 3. The maximum Gasteiger partial charge on any atom is 0.157 e. The molecular formula is C16H14O3. The summed E-state index contributed by atoms with van der Waals surface area (Å²) in [4.78, 5) is 0. The fraction of sp³-hybridized carbons (Fsp3) is 0. The van der Waals surface area contributed by atoms with Crippen LogP contribution in [0.2, 0.25) is 0 Å². The van der Waals surface area contributed by atoms with Gasteiger partial charge in [-0.25, -0.2) is 0 Å². The average molecular weight is 254 g/mol. The molecule has 0 amide bonds. The number of hydrogen-bond donors (Lipinski definition) is 3. The Balaban J connectivity index is 2.37. The summed E-state index contributed by atoms with van der Waals surface area (Å²) in [6.45, 7) is 3.70. The lowest BCUT2D eigenvalue weighted by Crippen LogP contribution is -1.81. The minimum atomic E-state index is -0.177. The standard InChI is InChI=1S/C16H14O3/c1-2-12-4-3-5-14(17)13(12)8-6-11-7-9-15(18)16(19)10-11/h2-10,17-19H,1H2/b8-6+. The summed E-state index contributed by atoms with van der Waals surface area (Å²) < 4.78 is 0. The highest BCUT2D eigenvalue weighted by Gasteiger charge is 2.02. The van der Waals surface area contributed by atoms with Gasteiger partial charge in [0.1, 0.15) is 5.75 Å². The Kier molecular flexibility index (Phi) is 3.57. The second kappa shape index (κ2) is 5.31. The topological polar surface area (TPSA) is 60.7 Å². The van der Waals surface area contributed by atoms with Gasteiger partial charge in [0, 0.05) is 5.56 Å². The monoisotopic (exact) mass is 254 g/mol. The van der Waals surface area contributed by atoms with Crippen molar-refractivity contribution in [2.45, 2.75) is 0 Å². The smallest absolute Gasteiger partial charge is 0.157 e. The summed E-state index contributed by atoms with van der Waals surface area (Å²) in [5, 5.41) is 28.4. The maximum absolute atomic E-state index is 9.81. The zero-order valence-electron chi connectivity index (χ0n) is 10.2. The van der Waals surface area contributed by atoms with Crippen LogP contribution in [0.1, 0.15) is 16.7 Å². The van der Waals surface area contributed by atoms with E-state index in [1.165, 1.54) is 12.1 Å². The first kappa shape index (κ1) is 12.8. The number of benzene rings is 2. The fourth-order valence-electron chi connectivity index (χ4n) is 1.75. The van der Waals surface area contributed by atoms with Crippen LogP contribution in [0.3, 0.4) is 0 Å². The van der Waals surface area contributed by atoms with Gasteiger partial charge in [-0.2, -0.15) is 0 Å². The molecule has 3 N–H and O–H groups in total. The van der Waals surface area contributed by atoms with Crippen LogP contribution in [0.5, 0.6) is 17.2 Å². The summed E-state index contributed by atoms with van der Waals surface area (Å²) in [6, 6.07) is 9.71. The Morgan fingerprint density at radius 1 is 0.842 bits per heavy atom. The molecule has 96 valence electrons. The third-order valence-electron chi connectivity index (χ3n) is 2.78. The maximum atomic E-state index is 9.81. The van der Waals surface area contributed by atoms with E-state index in [1.807, 2.05) is 6.07 Å². The molecule has 0 aromatic heterocycles. The summed E-state index contributed by atoms with van der Waals surface area (Å²) in [5.41, 5.74) is 2.19. The zero-order valence-corrected chi connectivity index (χ0v) is 10.2. The van der Waals surface area contributed by atoms with Crippen molar-refractivity contribution in [2.75, 3.05) is 0 Å². The van der Waals surface area contributed by atoms with Gasteiger partial charge in [0.25, 0.3) is 0 Å². The van der Waals surface area contributed by atoms with E-state index in [2.05, 4.69) is 6.58 Å². The lowest BCUT2D eigenvalue weighted by Gasteiger charge is -2.04. The van der Waals surface area contributed by atoms with Gasteiger partial charge in [-0.15, -0.1) is 0 Å². The molecule has 0 spiro atoms. The highest BCUT2D eigenvalue weighted by molar-refractivity contribution is 5.78. The largest absolute Gasteiger partial charge is 0.507 e. The van der Waals surface area contributed by atoms with Crippen molar-refractivity contribution in [1.82, 2.24) is 0 Å². The van der Waals surface area contributed by atoms with Crippen molar-refractivity contribution in [2.24, 2.45) is 0 Å². The molecule has 0 radical (unpaired) electrons. The minimum absolute atomic E-state index is 0.161. The van der Waals surface area contributed by atoms with Crippen LogP contribution in [0.25, 0.3) is 18.2 Å². The summed E-state index contributed by atoms with van der Waals surface area (Å²) in [7, 11) is 0. The van der Waals surface area contributed by atoms with E-state index >= 15 is 0 Å². The number of phenolic OH excluding ortho intramolecular Hbond substituents is 3. The lowest BCUT2D eigenvalue weighted by molar-refractivity contribution is 0.403. The normalized spacial score (nSPS) is 10.7. The van der Waals surface area contributed by atoms with E-state index in [9.17, 15) is 15.3 Å². The highest BCUT2D eigenvalue weighted by Crippen LogP contribution is 2.27. The van der Waals surface area contributed by atoms with Gasteiger partial charge >= 0.3 is 0 Å². The van der Waals surface area contributed by atoms with Gasteiger partial charge in [0.05, 0.1) is 0 Å². The molecule has 0 unspecified atom stereocenters. The van der Waals surface area contributed by atoms with Gasteiger partial charge in [-0.3, -0.25) is 0 Å². The summed E-state index contributed by atoms with van der Waals surface area (Å²) >= 11 is 0. The van der Waals surface area contributed by atoms with E-state index in [1.54, 1.807) is 36.4 Å². The number of hydrogen-bond acceptors (Lipinski definition) is 3. The molecule has 0 aliphatic heterocycles. The molecule has 0 atom stereocenters. The molecule has 2 rings (SSSR count). The number of phenols is 3. The van der Waals surface area contributed by atoms with Crippen molar-refractivity contribution >= 4 is 18.2 Å². The summed E-state index contributed by atoms with van der Waals surface area (Å²) in [6.07, 6.45) is 5.13. The molecular weight excluding hydrogens is 240 g/mol. The van der Waals surface area contributed by atoms with Crippen LogP contribution in [0.4, 0.5) is 0 Å². The van der Waals surface area contributed by atoms with E-state index in [-0.39, 0.29) is 17.2 Å². The van der Waals surface area contributed by atoms with Crippen LogP contribution >= 0.6 is 0 Å². The van der Waals surface area contributed by atoms with Gasteiger partial charge in [0.15, 0.2) is 11.5 Å². The zero-order chi connectivity index (χ0) is 13.8. The molecule has 2 aromatic rings. The molecule has 0 aliphatic carbocycles. The third kappa shape index (κ3) is 2.77. The van der Waals surface area contributed by atoms with Crippen LogP contribution in [-0.2, 0) is 0 Å². The van der Waals surface area contributed by atoms with E-state index in [4.69, 9.17) is 0 Å². The molecule has 0 saturated carbocycles. The van der Waals surface area contributed by atoms with Crippen LogP contribution in [0.15, 0.2) is 43.0 Å². The van der Waals surface area contributed by atoms with Crippen molar-refractivity contribution in [3.63, 3.8) is 0 Å². The van der Waals surface area contributed by atoms with Crippen LogP contribution < -0.4 is 0 Å². The predicted molar refractivity (Wildman–Crippen MR) is 76.9 cm³/mol. The molecule has 0 bridgehead atoms. The van der Waals surface area contributed by atoms with Gasteiger partial charge in [0.2, 0.25) is 0 Å². The lowest BCUT2D eigenvalue weighted by atomic mass is 10.0. The second-order valence-corrected chi connectivity index (χ2v) is 4.07. The Morgan fingerprint density at radius 2 is 1.63 bits per heavy atom. The average Bonchev–Trinajstić information content (AvgIpc) is 2.41. The third-order valence-corrected chi connectivity index (χ3v) is 2.78. The first-order chi connectivity index (χ1) is 9.11. The quantitative estimate of drug-likeness (QED) is 0.579. The first-order valence-corrected chi connectivity index (χ1v) is 5.76. The van der Waals surface area contributed by atoms with Crippen molar-refractivity contribution in [1.29, 1.82) is 0 Å². The SMILES string of the molecule is C=Cc1cccc(O)c1/C=C/c1ccc(O)c(O)c1. The molecule has 0 aliphatic rings. The van der Waals surface area contributed by atoms with E-state index < -0.39 is 0 Å². The minimum Gasteiger partial charge on any atom is -0.507 e. The van der Waals surface area contributed by atoms with Gasteiger partial charge < -0.3 is 15.3 Å². The van der Waals surface area contributed by atoms with Crippen LogP contribution in [0, 0.1) is 0 Å².